The lowest BCUT2D eigenvalue weighted by atomic mass is 10.3. The average molecular weight is 294 g/mol. The molecule has 0 unspecified atom stereocenters. The van der Waals surface area contributed by atoms with Gasteiger partial charge < -0.3 is 5.73 Å². The van der Waals surface area contributed by atoms with Crippen LogP contribution in [0.4, 0.5) is 5.69 Å². The molecule has 1 aromatic rings. The number of benzene rings is 1. The summed E-state index contributed by atoms with van der Waals surface area (Å²) in [6.07, 6.45) is 0. The Labute approximate surface area is 107 Å². The molecule has 1 aromatic carbocycles. The number of halogens is 1. The fourth-order valence-electron chi connectivity index (χ4n) is 1.06. The molecule has 10 heteroatoms. The maximum absolute atomic E-state index is 11.7. The molecule has 0 aliphatic carbocycles. The molecule has 0 saturated carbocycles. The van der Waals surface area contributed by atoms with Gasteiger partial charge in [-0.25, -0.2) is 13.1 Å². The Morgan fingerprint density at radius 2 is 2.11 bits per heavy atom. The number of hydrogen-bond donors (Lipinski definition) is 2. The standard InChI is InChI=1S/C8H8ClN3O5S/c9-6-2-1-5(12(14)15)3-7(6)18(16,17)11-4-8(10)13/h1-3,11H,4H2,(H2,10,13). The van der Waals surface area contributed by atoms with Gasteiger partial charge in [0.05, 0.1) is 16.5 Å². The first-order chi connectivity index (χ1) is 8.24. The van der Waals surface area contributed by atoms with Crippen molar-refractivity contribution in [3.05, 3.63) is 33.3 Å². The predicted molar refractivity (Wildman–Crippen MR) is 62.5 cm³/mol. The van der Waals surface area contributed by atoms with E-state index in [-0.39, 0.29) is 5.02 Å². The molecule has 18 heavy (non-hydrogen) atoms. The van der Waals surface area contributed by atoms with Gasteiger partial charge in [0, 0.05) is 12.1 Å². The summed E-state index contributed by atoms with van der Waals surface area (Å²) in [5.41, 5.74) is 4.36. The van der Waals surface area contributed by atoms with Crippen LogP contribution < -0.4 is 10.5 Å². The molecule has 0 radical (unpaired) electrons. The van der Waals surface area contributed by atoms with Crippen molar-refractivity contribution in [3.8, 4) is 0 Å². The molecule has 1 rings (SSSR count). The topological polar surface area (TPSA) is 132 Å². The van der Waals surface area contributed by atoms with Gasteiger partial charge in [-0.3, -0.25) is 14.9 Å². The summed E-state index contributed by atoms with van der Waals surface area (Å²) in [6, 6.07) is 2.94. The molecule has 8 nitrogen and oxygen atoms in total. The van der Waals surface area contributed by atoms with Crippen LogP contribution in [0.15, 0.2) is 23.1 Å². The average Bonchev–Trinajstić information content (AvgIpc) is 2.26. The normalized spacial score (nSPS) is 11.2. The van der Waals surface area contributed by atoms with E-state index in [4.69, 9.17) is 17.3 Å². The first-order valence-corrected chi connectivity index (χ1v) is 6.32. The SMILES string of the molecule is NC(=O)CNS(=O)(=O)c1cc([N+](=O)[O-])ccc1Cl. The molecule has 0 saturated heterocycles. The van der Waals surface area contributed by atoms with Crippen LogP contribution >= 0.6 is 11.6 Å². The Kier molecular flexibility index (Phi) is 4.22. The first kappa shape index (κ1) is 14.4. The maximum atomic E-state index is 11.7. The summed E-state index contributed by atoms with van der Waals surface area (Å²) in [4.78, 5) is 19.8. The lowest BCUT2D eigenvalue weighted by molar-refractivity contribution is -0.385. The fourth-order valence-corrected chi connectivity index (χ4v) is 2.57. The highest BCUT2D eigenvalue weighted by Gasteiger charge is 2.21. The van der Waals surface area contributed by atoms with Gasteiger partial charge in [0.2, 0.25) is 15.9 Å². The molecule has 0 bridgehead atoms. The van der Waals surface area contributed by atoms with Crippen LogP contribution in [-0.4, -0.2) is 25.8 Å². The minimum atomic E-state index is -4.13. The van der Waals surface area contributed by atoms with Crippen LogP contribution in [0, 0.1) is 10.1 Å². The monoisotopic (exact) mass is 293 g/mol. The summed E-state index contributed by atoms with van der Waals surface area (Å²) in [7, 11) is -4.13. The Balaban J connectivity index is 3.18. The predicted octanol–water partition coefficient (Wildman–Crippen LogP) is 0.0118. The second kappa shape index (κ2) is 5.29. The van der Waals surface area contributed by atoms with Crippen molar-refractivity contribution < 1.29 is 18.1 Å². The number of nitrogens with two attached hydrogens (primary N) is 1. The highest BCUT2D eigenvalue weighted by molar-refractivity contribution is 7.89. The summed E-state index contributed by atoms with van der Waals surface area (Å²) in [6.45, 7) is -0.624. The van der Waals surface area contributed by atoms with E-state index >= 15 is 0 Å². The van der Waals surface area contributed by atoms with E-state index in [2.05, 4.69) is 0 Å². The number of sulfonamides is 1. The number of nitrogens with one attached hydrogen (secondary N) is 1. The highest BCUT2D eigenvalue weighted by atomic mass is 35.5. The smallest absolute Gasteiger partial charge is 0.270 e. The second-order valence-electron chi connectivity index (χ2n) is 3.16. The van der Waals surface area contributed by atoms with E-state index in [1.54, 1.807) is 0 Å². The first-order valence-electron chi connectivity index (χ1n) is 4.46. The Hall–Kier alpha value is -1.71. The number of carbonyl (C=O) groups is 1. The summed E-state index contributed by atoms with van der Waals surface area (Å²) < 4.78 is 25.3. The molecule has 98 valence electrons. The molecule has 0 heterocycles. The van der Waals surface area contributed by atoms with Gasteiger partial charge in [0.25, 0.3) is 5.69 Å². The number of amides is 1. The van der Waals surface area contributed by atoms with Crippen molar-refractivity contribution in [1.82, 2.24) is 4.72 Å². The van der Waals surface area contributed by atoms with Crippen molar-refractivity contribution in [2.45, 2.75) is 4.90 Å². The number of nitro groups is 1. The number of nitrogens with zero attached hydrogens (tertiary/aromatic N) is 1. The number of rotatable bonds is 5. The lowest BCUT2D eigenvalue weighted by Gasteiger charge is -2.06. The maximum Gasteiger partial charge on any atom is 0.270 e. The Morgan fingerprint density at radius 1 is 1.50 bits per heavy atom. The molecular formula is C8H8ClN3O5S. The minimum Gasteiger partial charge on any atom is -0.369 e. The van der Waals surface area contributed by atoms with E-state index in [0.29, 0.717) is 0 Å². The van der Waals surface area contributed by atoms with E-state index < -0.39 is 38.0 Å². The Bertz CT molecular complexity index is 601. The quantitative estimate of drug-likeness (QED) is 0.583. The third-order valence-corrected chi connectivity index (χ3v) is 3.73. The van der Waals surface area contributed by atoms with Crippen LogP contribution in [0.25, 0.3) is 0 Å². The van der Waals surface area contributed by atoms with E-state index in [0.717, 1.165) is 18.2 Å². The van der Waals surface area contributed by atoms with Gasteiger partial charge in [0.1, 0.15) is 4.90 Å². The van der Waals surface area contributed by atoms with Crippen LogP contribution in [0.2, 0.25) is 5.02 Å². The molecule has 0 aliphatic heterocycles. The third-order valence-electron chi connectivity index (χ3n) is 1.85. The van der Waals surface area contributed by atoms with Crippen LogP contribution in [0.3, 0.4) is 0 Å². The molecule has 0 aromatic heterocycles. The van der Waals surface area contributed by atoms with Crippen molar-refractivity contribution in [3.63, 3.8) is 0 Å². The highest BCUT2D eigenvalue weighted by Crippen LogP contribution is 2.25. The van der Waals surface area contributed by atoms with Crippen molar-refractivity contribution in [1.29, 1.82) is 0 Å². The number of primary amides is 1. The lowest BCUT2D eigenvalue weighted by Crippen LogP contribution is -2.33. The summed E-state index contributed by atoms with van der Waals surface area (Å²) in [5, 5.41) is 10.3. The van der Waals surface area contributed by atoms with Gasteiger partial charge >= 0.3 is 0 Å². The van der Waals surface area contributed by atoms with Gasteiger partial charge in [-0.05, 0) is 6.07 Å². The van der Waals surface area contributed by atoms with E-state index in [1.165, 1.54) is 0 Å². The van der Waals surface area contributed by atoms with Crippen LogP contribution in [0.5, 0.6) is 0 Å². The number of nitro benzene ring substituents is 1. The summed E-state index contributed by atoms with van der Waals surface area (Å²) in [5.74, 6) is -0.889. The molecule has 0 spiro atoms. The number of non-ortho nitro benzene ring substituents is 1. The third kappa shape index (κ3) is 3.39. The van der Waals surface area contributed by atoms with Gasteiger partial charge in [-0.2, -0.15) is 0 Å². The van der Waals surface area contributed by atoms with Crippen molar-refractivity contribution in [2.75, 3.05) is 6.54 Å². The van der Waals surface area contributed by atoms with E-state index in [9.17, 15) is 23.3 Å². The largest absolute Gasteiger partial charge is 0.369 e. The second-order valence-corrected chi connectivity index (χ2v) is 5.31. The van der Waals surface area contributed by atoms with Gasteiger partial charge in [-0.15, -0.1) is 0 Å². The number of hydrogen-bond acceptors (Lipinski definition) is 5. The Morgan fingerprint density at radius 3 is 2.61 bits per heavy atom. The molecule has 0 atom stereocenters. The van der Waals surface area contributed by atoms with E-state index in [1.807, 2.05) is 4.72 Å². The van der Waals surface area contributed by atoms with Crippen LogP contribution in [-0.2, 0) is 14.8 Å². The zero-order valence-electron chi connectivity index (χ0n) is 8.79. The van der Waals surface area contributed by atoms with Crippen molar-refractivity contribution in [2.24, 2.45) is 5.73 Å². The van der Waals surface area contributed by atoms with Crippen molar-refractivity contribution >= 4 is 33.2 Å². The summed E-state index contributed by atoms with van der Waals surface area (Å²) >= 11 is 5.64. The van der Waals surface area contributed by atoms with Gasteiger partial charge in [0.15, 0.2) is 0 Å². The molecule has 3 N–H and O–H groups in total. The zero-order valence-corrected chi connectivity index (χ0v) is 10.4. The molecule has 1 amide bonds. The molecular weight excluding hydrogens is 286 g/mol. The molecule has 0 fully saturated rings. The number of carbonyl (C=O) groups excluding carboxylic acids is 1. The minimum absolute atomic E-state index is 0.197. The van der Waals surface area contributed by atoms with Gasteiger partial charge in [-0.1, -0.05) is 11.6 Å². The molecule has 0 aliphatic rings. The zero-order chi connectivity index (χ0) is 13.9. The fraction of sp³-hybridized carbons (Fsp3) is 0.125. The van der Waals surface area contributed by atoms with Crippen LogP contribution in [0.1, 0.15) is 0 Å².